The van der Waals surface area contributed by atoms with Crippen molar-refractivity contribution in [2.45, 2.75) is 19.0 Å². The fourth-order valence-corrected chi connectivity index (χ4v) is 1.73. The third kappa shape index (κ3) is 1.83. The van der Waals surface area contributed by atoms with Gasteiger partial charge in [0.1, 0.15) is 17.7 Å². The molecule has 1 atom stereocenters. The molecule has 5 heteroatoms. The van der Waals surface area contributed by atoms with Crippen molar-refractivity contribution in [1.29, 1.82) is 0 Å². The summed E-state index contributed by atoms with van der Waals surface area (Å²) < 4.78 is 26.1. The minimum atomic E-state index is -1.02. The summed E-state index contributed by atoms with van der Waals surface area (Å²) in [7, 11) is 0. The van der Waals surface area contributed by atoms with E-state index in [9.17, 15) is 13.6 Å². The second-order valence-corrected chi connectivity index (χ2v) is 3.50. The van der Waals surface area contributed by atoms with Crippen LogP contribution in [0.3, 0.4) is 0 Å². The third-order valence-electron chi connectivity index (χ3n) is 2.50. The summed E-state index contributed by atoms with van der Waals surface area (Å²) in [4.78, 5) is 10.7. The number of fused-ring (bicyclic) bond motifs is 1. The summed E-state index contributed by atoms with van der Waals surface area (Å²) in [6.45, 7) is 0.182. The van der Waals surface area contributed by atoms with Gasteiger partial charge in [0.05, 0.1) is 0 Å². The lowest BCUT2D eigenvalue weighted by molar-refractivity contribution is -0.139. The van der Waals surface area contributed by atoms with Gasteiger partial charge in [-0.05, 0) is 17.2 Å². The Morgan fingerprint density at radius 3 is 2.87 bits per heavy atom. The number of hydrogen-bond donors (Lipinski definition) is 2. The molecule has 0 bridgehead atoms. The molecule has 1 aromatic rings. The molecule has 3 nitrogen and oxygen atoms in total. The lowest BCUT2D eigenvalue weighted by atomic mass is 9.95. The Hall–Kier alpha value is -1.49. The number of halogens is 2. The smallest absolute Gasteiger partial charge is 0.321 e. The molecule has 2 N–H and O–H groups in total. The SMILES string of the molecule is O=C(O)[C@@H]1Cc2c(F)cc(F)cc2CN1. The van der Waals surface area contributed by atoms with Crippen LogP contribution >= 0.6 is 0 Å². The fraction of sp³-hybridized carbons (Fsp3) is 0.300. The molecule has 0 radical (unpaired) electrons. The van der Waals surface area contributed by atoms with E-state index in [1.807, 2.05) is 0 Å². The first-order chi connectivity index (χ1) is 7.08. The highest BCUT2D eigenvalue weighted by Gasteiger charge is 2.26. The van der Waals surface area contributed by atoms with Crippen molar-refractivity contribution in [2.75, 3.05) is 0 Å². The Bertz CT molecular complexity index is 420. The highest BCUT2D eigenvalue weighted by molar-refractivity contribution is 5.74. The van der Waals surface area contributed by atoms with Gasteiger partial charge in [-0.3, -0.25) is 4.79 Å². The van der Waals surface area contributed by atoms with Crippen LogP contribution in [0, 0.1) is 11.6 Å². The van der Waals surface area contributed by atoms with Gasteiger partial charge >= 0.3 is 5.97 Å². The lowest BCUT2D eigenvalue weighted by Gasteiger charge is -2.23. The van der Waals surface area contributed by atoms with Gasteiger partial charge in [-0.25, -0.2) is 8.78 Å². The van der Waals surface area contributed by atoms with Gasteiger partial charge in [-0.15, -0.1) is 0 Å². The molecule has 0 saturated carbocycles. The minimum absolute atomic E-state index is 0.0524. The lowest BCUT2D eigenvalue weighted by Crippen LogP contribution is -2.42. The Morgan fingerprint density at radius 1 is 1.47 bits per heavy atom. The number of aliphatic carboxylic acids is 1. The molecule has 1 aliphatic rings. The highest BCUT2D eigenvalue weighted by Crippen LogP contribution is 2.21. The van der Waals surface area contributed by atoms with E-state index >= 15 is 0 Å². The number of nitrogens with one attached hydrogen (secondary N) is 1. The topological polar surface area (TPSA) is 49.3 Å². The molecule has 15 heavy (non-hydrogen) atoms. The number of carbonyl (C=O) groups is 1. The zero-order valence-corrected chi connectivity index (χ0v) is 7.76. The van der Waals surface area contributed by atoms with E-state index in [0.29, 0.717) is 11.1 Å². The first-order valence-electron chi connectivity index (χ1n) is 4.51. The first-order valence-corrected chi connectivity index (χ1v) is 4.51. The summed E-state index contributed by atoms with van der Waals surface area (Å²) in [6, 6.07) is 1.21. The largest absolute Gasteiger partial charge is 0.480 e. The summed E-state index contributed by atoms with van der Waals surface area (Å²) in [5.74, 6) is -2.33. The van der Waals surface area contributed by atoms with Crippen LogP contribution in [-0.4, -0.2) is 17.1 Å². The Morgan fingerprint density at radius 2 is 2.20 bits per heavy atom. The minimum Gasteiger partial charge on any atom is -0.480 e. The van der Waals surface area contributed by atoms with Crippen molar-refractivity contribution < 1.29 is 18.7 Å². The maximum atomic E-state index is 13.3. The molecule has 0 amide bonds. The molecule has 1 aliphatic heterocycles. The van der Waals surface area contributed by atoms with E-state index in [-0.39, 0.29) is 13.0 Å². The van der Waals surface area contributed by atoms with Gasteiger partial charge in [0.15, 0.2) is 0 Å². The fourth-order valence-electron chi connectivity index (χ4n) is 1.73. The second-order valence-electron chi connectivity index (χ2n) is 3.50. The monoisotopic (exact) mass is 213 g/mol. The quantitative estimate of drug-likeness (QED) is 0.733. The van der Waals surface area contributed by atoms with Crippen LogP contribution in [-0.2, 0) is 17.8 Å². The predicted molar refractivity (Wildman–Crippen MR) is 48.3 cm³/mol. The van der Waals surface area contributed by atoms with E-state index < -0.39 is 23.6 Å². The van der Waals surface area contributed by atoms with E-state index in [1.54, 1.807) is 0 Å². The molecule has 0 unspecified atom stereocenters. The van der Waals surface area contributed by atoms with Crippen LogP contribution in [0.2, 0.25) is 0 Å². The van der Waals surface area contributed by atoms with Crippen LogP contribution in [0.4, 0.5) is 8.78 Å². The number of carboxylic acids is 1. The number of carboxylic acid groups (broad SMARTS) is 1. The summed E-state index contributed by atoms with van der Waals surface area (Å²) >= 11 is 0. The van der Waals surface area contributed by atoms with Crippen molar-refractivity contribution in [3.8, 4) is 0 Å². The number of rotatable bonds is 1. The molecule has 0 aromatic heterocycles. The second kappa shape index (κ2) is 3.58. The first kappa shape index (κ1) is 10.0. The summed E-state index contributed by atoms with van der Waals surface area (Å²) in [5, 5.41) is 11.4. The zero-order chi connectivity index (χ0) is 11.0. The normalized spacial score (nSPS) is 19.7. The Kier molecular flexibility index (Phi) is 2.40. The van der Waals surface area contributed by atoms with Crippen molar-refractivity contribution in [2.24, 2.45) is 0 Å². The Labute approximate surface area is 84.7 Å². The number of benzene rings is 1. The van der Waals surface area contributed by atoms with E-state index in [2.05, 4.69) is 5.32 Å². The molecule has 0 saturated heterocycles. The van der Waals surface area contributed by atoms with Gasteiger partial charge < -0.3 is 10.4 Å². The molecular weight excluding hydrogens is 204 g/mol. The molecule has 2 rings (SSSR count). The predicted octanol–water partition coefficient (Wildman–Crippen LogP) is 1.06. The van der Waals surface area contributed by atoms with Crippen LogP contribution in [0.1, 0.15) is 11.1 Å². The van der Waals surface area contributed by atoms with E-state index in [1.165, 1.54) is 6.07 Å². The summed E-state index contributed by atoms with van der Waals surface area (Å²) in [5.41, 5.74) is 0.785. The number of hydrogen-bond acceptors (Lipinski definition) is 2. The molecule has 1 aromatic carbocycles. The summed E-state index contributed by atoms with van der Waals surface area (Å²) in [6.07, 6.45) is 0.0524. The molecule has 80 valence electrons. The van der Waals surface area contributed by atoms with Crippen LogP contribution in [0.25, 0.3) is 0 Å². The van der Waals surface area contributed by atoms with Gasteiger partial charge in [0.25, 0.3) is 0 Å². The molecule has 0 fully saturated rings. The van der Waals surface area contributed by atoms with Gasteiger partial charge in [-0.1, -0.05) is 0 Å². The van der Waals surface area contributed by atoms with E-state index in [0.717, 1.165) is 6.07 Å². The van der Waals surface area contributed by atoms with Crippen molar-refractivity contribution in [3.05, 3.63) is 34.9 Å². The van der Waals surface area contributed by atoms with Crippen molar-refractivity contribution in [3.63, 3.8) is 0 Å². The third-order valence-corrected chi connectivity index (χ3v) is 2.50. The van der Waals surface area contributed by atoms with Crippen LogP contribution < -0.4 is 5.32 Å². The highest BCUT2D eigenvalue weighted by atomic mass is 19.1. The molecule has 0 spiro atoms. The van der Waals surface area contributed by atoms with Crippen molar-refractivity contribution >= 4 is 5.97 Å². The molecular formula is C10H9F2NO2. The zero-order valence-electron chi connectivity index (χ0n) is 7.76. The maximum absolute atomic E-state index is 13.3. The standard InChI is InChI=1S/C10H9F2NO2/c11-6-1-5-4-13-9(10(14)15)3-7(5)8(12)2-6/h1-2,9,13H,3-4H2,(H,14,15)/t9-/m0/s1. The maximum Gasteiger partial charge on any atom is 0.321 e. The van der Waals surface area contributed by atoms with Crippen LogP contribution in [0.5, 0.6) is 0 Å². The molecule has 1 heterocycles. The average Bonchev–Trinajstić information content (AvgIpc) is 2.16. The van der Waals surface area contributed by atoms with Gasteiger partial charge in [-0.2, -0.15) is 0 Å². The van der Waals surface area contributed by atoms with Crippen LogP contribution in [0.15, 0.2) is 12.1 Å². The molecule has 0 aliphatic carbocycles. The average molecular weight is 213 g/mol. The Balaban J connectivity index is 2.37. The van der Waals surface area contributed by atoms with E-state index in [4.69, 9.17) is 5.11 Å². The van der Waals surface area contributed by atoms with Gasteiger partial charge in [0, 0.05) is 19.0 Å². The van der Waals surface area contributed by atoms with Crippen molar-refractivity contribution in [1.82, 2.24) is 5.32 Å². The van der Waals surface area contributed by atoms with Gasteiger partial charge in [0.2, 0.25) is 0 Å².